The first-order chi connectivity index (χ1) is 14.8. The number of rotatable bonds is 6. The smallest absolute Gasteiger partial charge is 0.265 e. The molecule has 3 aromatic carbocycles. The van der Waals surface area contributed by atoms with E-state index in [-0.39, 0.29) is 11.8 Å². The van der Waals surface area contributed by atoms with Crippen molar-refractivity contribution in [2.45, 2.75) is 40.7 Å². The highest BCUT2D eigenvalue weighted by Gasteiger charge is 2.20. The van der Waals surface area contributed by atoms with Gasteiger partial charge < -0.3 is 15.4 Å². The van der Waals surface area contributed by atoms with Crippen LogP contribution in [0.2, 0.25) is 0 Å². The van der Waals surface area contributed by atoms with Gasteiger partial charge in [0.2, 0.25) is 0 Å². The second-order valence-corrected chi connectivity index (χ2v) is 7.77. The number of nitrogens with one attached hydrogen (secondary N) is 2. The number of ether oxygens (including phenoxy) is 1. The van der Waals surface area contributed by atoms with Crippen LogP contribution in [0, 0.1) is 27.7 Å². The highest BCUT2D eigenvalue weighted by atomic mass is 16.5. The van der Waals surface area contributed by atoms with E-state index in [1.165, 1.54) is 0 Å². The lowest BCUT2D eigenvalue weighted by Crippen LogP contribution is -2.31. The summed E-state index contributed by atoms with van der Waals surface area (Å²) in [4.78, 5) is 25.7. The van der Waals surface area contributed by atoms with Crippen LogP contribution in [-0.2, 0) is 4.79 Å². The van der Waals surface area contributed by atoms with Gasteiger partial charge in [0.1, 0.15) is 5.75 Å². The summed E-state index contributed by atoms with van der Waals surface area (Å²) in [7, 11) is 0. The molecule has 0 aromatic heterocycles. The largest absolute Gasteiger partial charge is 0.480 e. The molecule has 1 unspecified atom stereocenters. The van der Waals surface area contributed by atoms with Gasteiger partial charge in [0.15, 0.2) is 6.10 Å². The molecule has 2 N–H and O–H groups in total. The molecule has 160 valence electrons. The molecule has 2 amide bonds. The first-order valence-electron chi connectivity index (χ1n) is 10.3. The Bertz CT molecular complexity index is 1100. The van der Waals surface area contributed by atoms with Crippen molar-refractivity contribution in [3.63, 3.8) is 0 Å². The SMILES string of the molecule is Cc1ccc(NC(=O)c2ccccc2NC(=O)C(C)Oc2c(C)cccc2C)cc1C. The summed E-state index contributed by atoms with van der Waals surface area (Å²) in [6.07, 6.45) is -0.726. The van der Waals surface area contributed by atoms with Crippen LogP contribution >= 0.6 is 0 Å². The fraction of sp³-hybridized carbons (Fsp3) is 0.231. The van der Waals surface area contributed by atoms with Crippen molar-refractivity contribution >= 4 is 23.2 Å². The fourth-order valence-corrected chi connectivity index (χ4v) is 3.26. The number of carbonyl (C=O) groups is 2. The van der Waals surface area contributed by atoms with E-state index in [9.17, 15) is 9.59 Å². The number of para-hydroxylation sites is 2. The molecule has 31 heavy (non-hydrogen) atoms. The zero-order chi connectivity index (χ0) is 22.5. The highest BCUT2D eigenvalue weighted by molar-refractivity contribution is 6.10. The van der Waals surface area contributed by atoms with Gasteiger partial charge in [-0.25, -0.2) is 0 Å². The van der Waals surface area contributed by atoms with Gasteiger partial charge in [0.25, 0.3) is 11.8 Å². The lowest BCUT2D eigenvalue weighted by atomic mass is 10.1. The zero-order valence-corrected chi connectivity index (χ0v) is 18.6. The second-order valence-electron chi connectivity index (χ2n) is 7.77. The van der Waals surface area contributed by atoms with Crippen molar-refractivity contribution < 1.29 is 14.3 Å². The highest BCUT2D eigenvalue weighted by Crippen LogP contribution is 2.24. The van der Waals surface area contributed by atoms with Crippen LogP contribution in [0.3, 0.4) is 0 Å². The van der Waals surface area contributed by atoms with Crippen LogP contribution in [-0.4, -0.2) is 17.9 Å². The predicted octanol–water partition coefficient (Wildman–Crippen LogP) is 5.58. The Morgan fingerprint density at radius 3 is 2.13 bits per heavy atom. The average molecular weight is 417 g/mol. The van der Waals surface area contributed by atoms with Gasteiger partial charge in [0.05, 0.1) is 11.3 Å². The molecule has 0 aliphatic carbocycles. The van der Waals surface area contributed by atoms with Crippen molar-refractivity contribution in [2.24, 2.45) is 0 Å². The summed E-state index contributed by atoms with van der Waals surface area (Å²) >= 11 is 0. The van der Waals surface area contributed by atoms with E-state index in [2.05, 4.69) is 10.6 Å². The molecule has 0 radical (unpaired) electrons. The Morgan fingerprint density at radius 1 is 0.774 bits per heavy atom. The van der Waals surface area contributed by atoms with E-state index >= 15 is 0 Å². The van der Waals surface area contributed by atoms with Gasteiger partial charge in [-0.1, -0.05) is 36.4 Å². The van der Waals surface area contributed by atoms with E-state index in [0.717, 1.165) is 22.3 Å². The molecular formula is C26H28N2O3. The van der Waals surface area contributed by atoms with Gasteiger partial charge in [-0.3, -0.25) is 9.59 Å². The first kappa shape index (κ1) is 22.1. The molecule has 0 saturated heterocycles. The predicted molar refractivity (Wildman–Crippen MR) is 125 cm³/mol. The standard InChI is InChI=1S/C26H28N2O3/c1-16-13-14-21(15-19(16)4)27-26(30)22-11-6-7-12-23(22)28-25(29)20(5)31-24-17(2)9-8-10-18(24)3/h6-15,20H,1-5H3,(H,27,30)(H,28,29). The Balaban J connectivity index is 1.74. The molecular weight excluding hydrogens is 388 g/mol. The van der Waals surface area contributed by atoms with Crippen molar-refractivity contribution in [3.05, 3.63) is 88.5 Å². The third kappa shape index (κ3) is 5.31. The molecule has 0 aliphatic rings. The van der Waals surface area contributed by atoms with Crippen LogP contribution in [0.5, 0.6) is 5.75 Å². The van der Waals surface area contributed by atoms with Gasteiger partial charge in [0, 0.05) is 5.69 Å². The number of carbonyl (C=O) groups excluding carboxylic acids is 2. The lowest BCUT2D eigenvalue weighted by molar-refractivity contribution is -0.122. The molecule has 5 nitrogen and oxygen atoms in total. The van der Waals surface area contributed by atoms with Gasteiger partial charge >= 0.3 is 0 Å². The van der Waals surface area contributed by atoms with E-state index in [1.54, 1.807) is 31.2 Å². The molecule has 3 rings (SSSR count). The molecule has 0 bridgehead atoms. The normalized spacial score (nSPS) is 11.5. The van der Waals surface area contributed by atoms with E-state index in [4.69, 9.17) is 4.74 Å². The fourth-order valence-electron chi connectivity index (χ4n) is 3.26. The monoisotopic (exact) mass is 416 g/mol. The molecule has 5 heteroatoms. The minimum absolute atomic E-state index is 0.289. The molecule has 0 spiro atoms. The Morgan fingerprint density at radius 2 is 1.45 bits per heavy atom. The number of amides is 2. The Hall–Kier alpha value is -3.60. The van der Waals surface area contributed by atoms with E-state index in [1.807, 2.05) is 64.1 Å². The molecule has 1 atom stereocenters. The molecule has 0 saturated carbocycles. The average Bonchev–Trinajstić information content (AvgIpc) is 2.73. The van der Waals surface area contributed by atoms with Crippen LogP contribution in [0.1, 0.15) is 39.5 Å². The van der Waals surface area contributed by atoms with Crippen LogP contribution in [0.4, 0.5) is 11.4 Å². The van der Waals surface area contributed by atoms with Crippen LogP contribution < -0.4 is 15.4 Å². The van der Waals surface area contributed by atoms with Gasteiger partial charge in [-0.05, 0) is 81.1 Å². The number of benzene rings is 3. The quantitative estimate of drug-likeness (QED) is 0.551. The molecule has 0 aliphatic heterocycles. The Labute approximate surface area is 183 Å². The van der Waals surface area contributed by atoms with Gasteiger partial charge in [-0.15, -0.1) is 0 Å². The number of aryl methyl sites for hydroxylation is 4. The topological polar surface area (TPSA) is 67.4 Å². The van der Waals surface area contributed by atoms with Crippen molar-refractivity contribution in [1.82, 2.24) is 0 Å². The molecule has 0 heterocycles. The summed E-state index contributed by atoms with van der Waals surface area (Å²) < 4.78 is 5.92. The summed E-state index contributed by atoms with van der Waals surface area (Å²) in [5.74, 6) is 0.0856. The first-order valence-corrected chi connectivity index (χ1v) is 10.3. The number of hydrogen-bond acceptors (Lipinski definition) is 3. The number of hydrogen-bond donors (Lipinski definition) is 2. The molecule has 0 fully saturated rings. The third-order valence-electron chi connectivity index (χ3n) is 5.27. The van der Waals surface area contributed by atoms with Gasteiger partial charge in [-0.2, -0.15) is 0 Å². The third-order valence-corrected chi connectivity index (χ3v) is 5.27. The maximum atomic E-state index is 12.9. The number of anilines is 2. The van der Waals surface area contributed by atoms with Crippen molar-refractivity contribution in [3.8, 4) is 5.75 Å². The van der Waals surface area contributed by atoms with Crippen molar-refractivity contribution in [1.29, 1.82) is 0 Å². The maximum Gasteiger partial charge on any atom is 0.265 e. The lowest BCUT2D eigenvalue weighted by Gasteiger charge is -2.19. The summed E-state index contributed by atoms with van der Waals surface area (Å²) in [5, 5.41) is 5.73. The zero-order valence-electron chi connectivity index (χ0n) is 18.6. The Kier molecular flexibility index (Phi) is 6.75. The van der Waals surface area contributed by atoms with E-state index in [0.29, 0.717) is 22.7 Å². The second kappa shape index (κ2) is 9.47. The minimum atomic E-state index is -0.726. The summed E-state index contributed by atoms with van der Waals surface area (Å²) in [5.41, 5.74) is 5.71. The van der Waals surface area contributed by atoms with Crippen LogP contribution in [0.25, 0.3) is 0 Å². The summed E-state index contributed by atoms with van der Waals surface area (Å²) in [6, 6.07) is 18.5. The maximum absolute atomic E-state index is 12.9. The van der Waals surface area contributed by atoms with Crippen molar-refractivity contribution in [2.75, 3.05) is 10.6 Å². The molecule has 3 aromatic rings. The minimum Gasteiger partial charge on any atom is -0.480 e. The van der Waals surface area contributed by atoms with Crippen LogP contribution in [0.15, 0.2) is 60.7 Å². The summed E-state index contributed by atoms with van der Waals surface area (Å²) in [6.45, 7) is 9.60. The van der Waals surface area contributed by atoms with E-state index < -0.39 is 6.10 Å².